The Morgan fingerprint density at radius 1 is 0.710 bits per heavy atom. The van der Waals surface area contributed by atoms with Crippen molar-refractivity contribution in [2.24, 2.45) is 0 Å². The number of aryl methyl sites for hydroxylation is 2. The molecule has 0 spiro atoms. The highest BCUT2D eigenvalue weighted by molar-refractivity contribution is 7.26. The molecule has 0 radical (unpaired) electrons. The van der Waals surface area contributed by atoms with E-state index in [2.05, 4.69) is 78.1 Å². The summed E-state index contributed by atoms with van der Waals surface area (Å²) in [6.45, 7) is 4.27. The molecule has 5 heterocycles. The number of hydrogen-bond donors (Lipinski definition) is 1. The van der Waals surface area contributed by atoms with Crippen LogP contribution < -0.4 is 0 Å². The number of nitrogens with one attached hydrogen (secondary N) is 1. The molecule has 0 aliphatic rings. The van der Waals surface area contributed by atoms with Crippen molar-refractivity contribution in [3.8, 4) is 21.2 Å². The summed E-state index contributed by atoms with van der Waals surface area (Å²) in [4.78, 5) is 6.09. The molecule has 0 saturated carbocycles. The largest absolute Gasteiger partial charge is 0.455 e. The Bertz CT molecular complexity index is 1640. The summed E-state index contributed by atoms with van der Waals surface area (Å²) < 4.78 is 8.79. The van der Waals surface area contributed by atoms with Crippen molar-refractivity contribution in [1.29, 1.82) is 0 Å². The number of fused-ring (bicyclic) bond motifs is 5. The van der Waals surface area contributed by atoms with Gasteiger partial charge in [-0.25, -0.2) is 0 Å². The highest BCUT2D eigenvalue weighted by atomic mass is 32.1. The minimum Gasteiger partial charge on any atom is -0.455 e. The summed E-state index contributed by atoms with van der Waals surface area (Å²) >= 11 is 5.36. The molecule has 0 fully saturated rings. The van der Waals surface area contributed by atoms with Crippen molar-refractivity contribution >= 4 is 76.1 Å². The molecule has 150 valence electrons. The number of furan rings is 1. The number of H-pyrrole nitrogens is 1. The second-order valence-electron chi connectivity index (χ2n) is 8.19. The van der Waals surface area contributed by atoms with E-state index < -0.39 is 0 Å². The van der Waals surface area contributed by atoms with Crippen LogP contribution in [0.3, 0.4) is 0 Å². The first-order valence-electron chi connectivity index (χ1n) is 10.1. The maximum Gasteiger partial charge on any atom is 0.145 e. The third-order valence-electron chi connectivity index (χ3n) is 5.82. The molecule has 5 aromatic heterocycles. The van der Waals surface area contributed by atoms with Crippen LogP contribution in [0.1, 0.15) is 11.1 Å². The molecule has 0 unspecified atom stereocenters. The van der Waals surface area contributed by atoms with Crippen LogP contribution in [0.25, 0.3) is 63.3 Å². The van der Waals surface area contributed by atoms with Gasteiger partial charge in [0.2, 0.25) is 0 Å². The van der Waals surface area contributed by atoms with Crippen LogP contribution in [0.5, 0.6) is 0 Å². The molecule has 0 aliphatic heterocycles. The molecule has 0 aliphatic carbocycles. The van der Waals surface area contributed by atoms with E-state index in [1.807, 2.05) is 11.3 Å². The molecular weight excluding hydrogens is 438 g/mol. The minimum absolute atomic E-state index is 0.957. The van der Waals surface area contributed by atoms with E-state index in [1.165, 1.54) is 57.7 Å². The number of aromatic nitrogens is 1. The summed E-state index contributed by atoms with van der Waals surface area (Å²) in [5.41, 5.74) is 5.94. The number of benzene rings is 2. The standard InChI is InChI=1S/C26H17NOS3/c1-13-3-25(29-11-13)20-7-15-5-17-18-6-16-8-22(26-4-14(2)12-30-26)28-21(16)10-24(18)31-23(17)9-19(15)27-20/h3-12,27H,1-2H3. The zero-order valence-electron chi connectivity index (χ0n) is 16.9. The van der Waals surface area contributed by atoms with E-state index in [1.54, 1.807) is 22.7 Å². The number of rotatable bonds is 2. The zero-order chi connectivity index (χ0) is 20.7. The first kappa shape index (κ1) is 17.8. The van der Waals surface area contributed by atoms with Crippen LogP contribution in [0.15, 0.2) is 63.7 Å². The van der Waals surface area contributed by atoms with Crippen LogP contribution >= 0.6 is 34.0 Å². The van der Waals surface area contributed by atoms with Crippen LogP contribution in [-0.2, 0) is 0 Å². The number of hydrogen-bond acceptors (Lipinski definition) is 4. The molecule has 0 atom stereocenters. The van der Waals surface area contributed by atoms with Crippen molar-refractivity contribution in [3.05, 3.63) is 70.4 Å². The normalized spacial score (nSPS) is 12.2. The maximum atomic E-state index is 6.21. The minimum atomic E-state index is 0.957. The van der Waals surface area contributed by atoms with Gasteiger partial charge in [0.25, 0.3) is 0 Å². The van der Waals surface area contributed by atoms with Gasteiger partial charge in [-0.1, -0.05) is 0 Å². The predicted octanol–water partition coefficient (Wildman–Crippen LogP) is 9.36. The molecule has 31 heavy (non-hydrogen) atoms. The molecule has 2 nitrogen and oxygen atoms in total. The van der Waals surface area contributed by atoms with E-state index in [0.29, 0.717) is 0 Å². The molecule has 5 heteroatoms. The Hall–Kier alpha value is -2.86. The topological polar surface area (TPSA) is 28.9 Å². The van der Waals surface area contributed by atoms with Crippen LogP contribution in [0, 0.1) is 13.8 Å². The Morgan fingerprint density at radius 2 is 1.42 bits per heavy atom. The lowest BCUT2D eigenvalue weighted by Gasteiger charge is -1.94. The highest BCUT2D eigenvalue weighted by Crippen LogP contribution is 2.41. The SMILES string of the molecule is Cc1csc(-c2cc3cc4c(cc3[nH]2)sc2cc3oc(-c5cc(C)cs5)cc3cc24)c1. The lowest BCUT2D eigenvalue weighted by molar-refractivity contribution is 0.634. The third kappa shape index (κ3) is 2.74. The van der Waals surface area contributed by atoms with E-state index in [-0.39, 0.29) is 0 Å². The van der Waals surface area contributed by atoms with E-state index >= 15 is 0 Å². The third-order valence-corrected chi connectivity index (χ3v) is 9.08. The van der Waals surface area contributed by atoms with Gasteiger partial charge < -0.3 is 9.40 Å². The Morgan fingerprint density at radius 3 is 2.16 bits per heavy atom. The molecule has 0 bridgehead atoms. The number of thiophene rings is 3. The molecule has 0 saturated heterocycles. The first-order chi connectivity index (χ1) is 15.1. The van der Waals surface area contributed by atoms with Gasteiger partial charge in [0.15, 0.2) is 0 Å². The van der Waals surface area contributed by atoms with Gasteiger partial charge in [-0.2, -0.15) is 0 Å². The fourth-order valence-electron chi connectivity index (χ4n) is 4.32. The first-order valence-corrected chi connectivity index (χ1v) is 12.7. The average Bonchev–Trinajstić information content (AvgIpc) is 3.54. The summed E-state index contributed by atoms with van der Waals surface area (Å²) in [5.74, 6) is 0.957. The van der Waals surface area contributed by atoms with Crippen LogP contribution in [0.2, 0.25) is 0 Å². The van der Waals surface area contributed by atoms with Gasteiger partial charge >= 0.3 is 0 Å². The second-order valence-corrected chi connectivity index (χ2v) is 11.1. The van der Waals surface area contributed by atoms with Gasteiger partial charge in [-0.15, -0.1) is 34.0 Å². The van der Waals surface area contributed by atoms with Crippen molar-refractivity contribution in [1.82, 2.24) is 4.98 Å². The van der Waals surface area contributed by atoms with Crippen molar-refractivity contribution in [3.63, 3.8) is 0 Å². The van der Waals surface area contributed by atoms with Gasteiger partial charge in [-0.05, 0) is 84.3 Å². The van der Waals surface area contributed by atoms with E-state index in [0.717, 1.165) is 16.7 Å². The molecule has 7 aromatic rings. The molecule has 2 aromatic carbocycles. The Labute approximate surface area is 190 Å². The molecule has 7 rings (SSSR count). The quantitative estimate of drug-likeness (QED) is 0.276. The van der Waals surface area contributed by atoms with Crippen LogP contribution in [0.4, 0.5) is 0 Å². The van der Waals surface area contributed by atoms with E-state index in [9.17, 15) is 0 Å². The highest BCUT2D eigenvalue weighted by Gasteiger charge is 2.14. The molecular formula is C26H17NOS3. The fourth-order valence-corrected chi connectivity index (χ4v) is 7.19. The second kappa shape index (κ2) is 6.33. The average molecular weight is 456 g/mol. The maximum absolute atomic E-state index is 6.21. The van der Waals surface area contributed by atoms with Gasteiger partial charge in [0.05, 0.1) is 15.4 Å². The summed E-state index contributed by atoms with van der Waals surface area (Å²) in [7, 11) is 0. The van der Waals surface area contributed by atoms with Gasteiger partial charge in [0, 0.05) is 36.5 Å². The lowest BCUT2D eigenvalue weighted by Crippen LogP contribution is -1.70. The summed E-state index contributed by atoms with van der Waals surface area (Å²) in [6.07, 6.45) is 0. The molecule has 0 amide bonds. The smallest absolute Gasteiger partial charge is 0.145 e. The summed E-state index contributed by atoms with van der Waals surface area (Å²) in [5, 5.41) is 9.42. The fraction of sp³-hybridized carbons (Fsp3) is 0.0769. The predicted molar refractivity (Wildman–Crippen MR) is 137 cm³/mol. The zero-order valence-corrected chi connectivity index (χ0v) is 19.4. The molecule has 1 N–H and O–H groups in total. The van der Waals surface area contributed by atoms with Crippen molar-refractivity contribution < 1.29 is 4.42 Å². The monoisotopic (exact) mass is 455 g/mol. The van der Waals surface area contributed by atoms with Crippen molar-refractivity contribution in [2.45, 2.75) is 13.8 Å². The van der Waals surface area contributed by atoms with Crippen LogP contribution in [-0.4, -0.2) is 4.98 Å². The summed E-state index contributed by atoms with van der Waals surface area (Å²) in [6, 6.07) is 18.0. The Balaban J connectivity index is 1.42. The Kier molecular flexibility index (Phi) is 3.63. The van der Waals surface area contributed by atoms with Gasteiger partial charge in [-0.3, -0.25) is 0 Å². The van der Waals surface area contributed by atoms with Crippen molar-refractivity contribution in [2.75, 3.05) is 0 Å². The number of aromatic amines is 1. The lowest BCUT2D eigenvalue weighted by atomic mass is 10.1. The van der Waals surface area contributed by atoms with E-state index in [4.69, 9.17) is 4.42 Å². The van der Waals surface area contributed by atoms with Gasteiger partial charge in [0.1, 0.15) is 11.3 Å².